The molecule has 4 rings (SSSR count). The maximum absolute atomic E-state index is 12.7. The molecule has 170 valence electrons. The van der Waals surface area contributed by atoms with Gasteiger partial charge in [-0.15, -0.1) is 0 Å². The fourth-order valence-electron chi connectivity index (χ4n) is 4.35. The monoisotopic (exact) mass is 436 g/mol. The number of nitrogens with one attached hydrogen (secondary N) is 2. The smallest absolute Gasteiger partial charge is 0.321 e. The van der Waals surface area contributed by atoms with Crippen molar-refractivity contribution >= 4 is 17.6 Å². The van der Waals surface area contributed by atoms with Crippen LogP contribution < -0.4 is 10.6 Å². The molecule has 2 saturated heterocycles. The molecule has 32 heavy (non-hydrogen) atoms. The van der Waals surface area contributed by atoms with E-state index in [-0.39, 0.29) is 17.9 Å². The minimum absolute atomic E-state index is 0.0467. The van der Waals surface area contributed by atoms with Gasteiger partial charge in [-0.1, -0.05) is 30.3 Å². The molecule has 2 N–H and O–H groups in total. The van der Waals surface area contributed by atoms with Crippen molar-refractivity contribution in [3.63, 3.8) is 0 Å². The molecule has 0 radical (unpaired) electrons. The van der Waals surface area contributed by atoms with Gasteiger partial charge in [-0.3, -0.25) is 9.69 Å². The highest BCUT2D eigenvalue weighted by Gasteiger charge is 2.25. The molecule has 0 aliphatic carbocycles. The first-order chi connectivity index (χ1) is 15.7. The first-order valence-electron chi connectivity index (χ1n) is 11.5. The number of piperidine rings is 1. The Morgan fingerprint density at radius 2 is 1.81 bits per heavy atom. The summed E-state index contributed by atoms with van der Waals surface area (Å²) < 4.78 is 5.36. The number of anilines is 1. The number of hydrogen-bond donors (Lipinski definition) is 2. The summed E-state index contributed by atoms with van der Waals surface area (Å²) >= 11 is 0. The maximum Gasteiger partial charge on any atom is 0.321 e. The van der Waals surface area contributed by atoms with E-state index >= 15 is 0 Å². The lowest BCUT2D eigenvalue weighted by Crippen LogP contribution is -2.41. The fourth-order valence-corrected chi connectivity index (χ4v) is 4.35. The third kappa shape index (κ3) is 6.08. The second-order valence-electron chi connectivity index (χ2n) is 8.42. The average Bonchev–Trinajstić information content (AvgIpc) is 2.85. The molecule has 2 aromatic carbocycles. The quantitative estimate of drug-likeness (QED) is 0.730. The molecule has 2 aromatic rings. The number of benzene rings is 2. The Morgan fingerprint density at radius 3 is 2.62 bits per heavy atom. The molecule has 0 bridgehead atoms. The third-order valence-corrected chi connectivity index (χ3v) is 6.17. The van der Waals surface area contributed by atoms with Crippen LogP contribution in [0.1, 0.15) is 34.7 Å². The molecule has 3 amide bonds. The number of hydrogen-bond acceptors (Lipinski definition) is 4. The van der Waals surface area contributed by atoms with Gasteiger partial charge in [0.1, 0.15) is 0 Å². The van der Waals surface area contributed by atoms with Crippen LogP contribution in [0.3, 0.4) is 0 Å². The van der Waals surface area contributed by atoms with Gasteiger partial charge in [-0.25, -0.2) is 4.79 Å². The lowest BCUT2D eigenvalue weighted by Gasteiger charge is -2.33. The molecule has 2 aliphatic heterocycles. The Hall–Kier alpha value is -2.90. The molecule has 1 atom stereocenters. The van der Waals surface area contributed by atoms with Gasteiger partial charge < -0.3 is 20.3 Å². The number of carbonyl (C=O) groups is 2. The van der Waals surface area contributed by atoms with Crippen LogP contribution in [0.2, 0.25) is 0 Å². The van der Waals surface area contributed by atoms with E-state index in [1.165, 1.54) is 0 Å². The van der Waals surface area contributed by atoms with Gasteiger partial charge in [0.15, 0.2) is 0 Å². The van der Waals surface area contributed by atoms with Crippen molar-refractivity contribution in [1.82, 2.24) is 15.1 Å². The van der Waals surface area contributed by atoms with E-state index < -0.39 is 0 Å². The van der Waals surface area contributed by atoms with Crippen LogP contribution in [0.15, 0.2) is 54.6 Å². The Labute approximate surface area is 189 Å². The van der Waals surface area contributed by atoms with Crippen LogP contribution in [-0.2, 0) is 4.74 Å². The zero-order valence-electron chi connectivity index (χ0n) is 18.5. The van der Waals surface area contributed by atoms with Gasteiger partial charge in [0.05, 0.1) is 13.2 Å². The molecule has 7 heteroatoms. The van der Waals surface area contributed by atoms with Gasteiger partial charge in [-0.2, -0.15) is 0 Å². The van der Waals surface area contributed by atoms with Gasteiger partial charge in [0.25, 0.3) is 5.91 Å². The lowest BCUT2D eigenvalue weighted by atomic mass is 9.89. The van der Waals surface area contributed by atoms with E-state index in [0.29, 0.717) is 18.7 Å². The highest BCUT2D eigenvalue weighted by Crippen LogP contribution is 2.28. The van der Waals surface area contributed by atoms with Crippen LogP contribution in [0.25, 0.3) is 0 Å². The highest BCUT2D eigenvalue weighted by molar-refractivity contribution is 5.94. The zero-order chi connectivity index (χ0) is 22.2. The second-order valence-corrected chi connectivity index (χ2v) is 8.42. The number of nitrogens with zero attached hydrogens (tertiary/aromatic N) is 2. The third-order valence-electron chi connectivity index (χ3n) is 6.17. The number of likely N-dealkylation sites (tertiary alicyclic amines) is 1. The average molecular weight is 437 g/mol. The summed E-state index contributed by atoms with van der Waals surface area (Å²) in [7, 11) is 0. The van der Waals surface area contributed by atoms with Gasteiger partial charge >= 0.3 is 6.03 Å². The van der Waals surface area contributed by atoms with Crippen LogP contribution in [0.4, 0.5) is 10.5 Å². The Balaban J connectivity index is 1.31. The standard InChI is InChI=1S/C25H32N4O3/c30-24(26-11-13-28-14-16-32-17-15-28)21-7-4-6-20(18-21)22-8-5-12-29(19-22)25(31)27-23-9-2-1-3-10-23/h1-4,6-7,9-10,18,22H,5,8,11-17,19H2,(H,26,30)(H,27,31)/t22-/m1/s1. The maximum atomic E-state index is 12.7. The number of urea groups is 1. The van der Waals surface area contributed by atoms with E-state index in [1.807, 2.05) is 53.4 Å². The van der Waals surface area contributed by atoms with Gasteiger partial charge in [0.2, 0.25) is 0 Å². The van der Waals surface area contributed by atoms with E-state index in [2.05, 4.69) is 21.6 Å². The summed E-state index contributed by atoms with van der Waals surface area (Å²) in [6.45, 7) is 6.22. The van der Waals surface area contributed by atoms with Crippen molar-refractivity contribution in [2.45, 2.75) is 18.8 Å². The molecule has 2 fully saturated rings. The SMILES string of the molecule is O=C(NCCN1CCOCC1)c1cccc([C@@H]2CCCN(C(=O)Nc3ccccc3)C2)c1. The molecule has 0 unspecified atom stereocenters. The Morgan fingerprint density at radius 1 is 1.00 bits per heavy atom. The molecule has 2 aliphatic rings. The topological polar surface area (TPSA) is 73.9 Å². The highest BCUT2D eigenvalue weighted by atomic mass is 16.5. The number of carbonyl (C=O) groups excluding carboxylic acids is 2. The Kier molecular flexibility index (Phi) is 7.74. The number of rotatable bonds is 6. The largest absolute Gasteiger partial charge is 0.379 e. The lowest BCUT2D eigenvalue weighted by molar-refractivity contribution is 0.0383. The van der Waals surface area contributed by atoms with Crippen molar-refractivity contribution in [2.24, 2.45) is 0 Å². The summed E-state index contributed by atoms with van der Waals surface area (Å²) in [5.41, 5.74) is 2.59. The minimum Gasteiger partial charge on any atom is -0.379 e. The van der Waals surface area contributed by atoms with Crippen molar-refractivity contribution in [3.05, 3.63) is 65.7 Å². The molecular formula is C25H32N4O3. The molecule has 0 aromatic heterocycles. The molecule has 7 nitrogen and oxygen atoms in total. The van der Waals surface area contributed by atoms with Crippen molar-refractivity contribution in [3.8, 4) is 0 Å². The van der Waals surface area contributed by atoms with E-state index in [1.54, 1.807) is 0 Å². The molecule has 0 saturated carbocycles. The summed E-state index contributed by atoms with van der Waals surface area (Å²) in [5.74, 6) is 0.181. The molecular weight excluding hydrogens is 404 g/mol. The van der Waals surface area contributed by atoms with Crippen LogP contribution in [0, 0.1) is 0 Å². The Bertz CT molecular complexity index is 899. The van der Waals surface area contributed by atoms with Crippen molar-refractivity contribution in [2.75, 3.05) is 57.8 Å². The fraction of sp³-hybridized carbons (Fsp3) is 0.440. The van der Waals surface area contributed by atoms with Gasteiger partial charge in [0, 0.05) is 56.4 Å². The predicted molar refractivity (Wildman–Crippen MR) is 125 cm³/mol. The van der Waals surface area contributed by atoms with E-state index in [9.17, 15) is 9.59 Å². The van der Waals surface area contributed by atoms with E-state index in [0.717, 1.165) is 63.5 Å². The first kappa shape index (κ1) is 22.3. The predicted octanol–water partition coefficient (Wildman–Crippen LogP) is 3.16. The van der Waals surface area contributed by atoms with Crippen molar-refractivity contribution in [1.29, 1.82) is 0 Å². The normalized spacial score (nSPS) is 19.4. The van der Waals surface area contributed by atoms with E-state index in [4.69, 9.17) is 4.74 Å². The summed E-state index contributed by atoms with van der Waals surface area (Å²) in [4.78, 5) is 29.5. The summed E-state index contributed by atoms with van der Waals surface area (Å²) in [5, 5.41) is 6.01. The van der Waals surface area contributed by atoms with Crippen LogP contribution in [-0.4, -0.2) is 74.2 Å². The number of amides is 3. The number of para-hydroxylation sites is 1. The summed E-state index contributed by atoms with van der Waals surface area (Å²) in [6, 6.07) is 17.3. The first-order valence-corrected chi connectivity index (χ1v) is 11.5. The van der Waals surface area contributed by atoms with Crippen molar-refractivity contribution < 1.29 is 14.3 Å². The van der Waals surface area contributed by atoms with Crippen LogP contribution in [0.5, 0.6) is 0 Å². The number of ether oxygens (including phenoxy) is 1. The zero-order valence-corrected chi connectivity index (χ0v) is 18.5. The number of morpholine rings is 1. The van der Waals surface area contributed by atoms with Crippen LogP contribution >= 0.6 is 0 Å². The second kappa shape index (κ2) is 11.1. The summed E-state index contributed by atoms with van der Waals surface area (Å²) in [6.07, 6.45) is 1.96. The molecule has 2 heterocycles. The molecule has 0 spiro atoms. The van der Waals surface area contributed by atoms with Gasteiger partial charge in [-0.05, 0) is 42.7 Å². The minimum atomic E-state index is -0.0714.